The molecule has 5 nitrogen and oxygen atoms in total. The minimum atomic E-state index is 0.679. The Morgan fingerprint density at radius 2 is 1.97 bits per heavy atom. The van der Waals surface area contributed by atoms with Crippen molar-refractivity contribution in [3.8, 4) is 5.75 Å². The summed E-state index contributed by atoms with van der Waals surface area (Å²) in [6.45, 7) is 2.69. The van der Waals surface area contributed by atoms with E-state index in [1.165, 1.54) is 27.4 Å². The molecule has 3 aromatic heterocycles. The third kappa shape index (κ3) is 4.24. The van der Waals surface area contributed by atoms with Crippen LogP contribution in [0.25, 0.3) is 21.8 Å². The van der Waals surface area contributed by atoms with Gasteiger partial charge in [0.1, 0.15) is 11.6 Å². The number of aromatic nitrogens is 4. The first-order valence-corrected chi connectivity index (χ1v) is 11.3. The maximum atomic E-state index is 5.66. The zero-order valence-electron chi connectivity index (χ0n) is 18.6. The van der Waals surface area contributed by atoms with E-state index in [-0.39, 0.29) is 0 Å². The Morgan fingerprint density at radius 1 is 1.03 bits per heavy atom. The number of nitrogens with zero attached hydrogens (tertiary/aromatic N) is 3. The fraction of sp³-hybridized carbons (Fsp3) is 0.259. The van der Waals surface area contributed by atoms with Crippen LogP contribution >= 0.6 is 0 Å². The van der Waals surface area contributed by atoms with Crippen molar-refractivity contribution in [2.45, 2.75) is 32.6 Å². The van der Waals surface area contributed by atoms with Crippen LogP contribution in [0.2, 0.25) is 0 Å². The highest BCUT2D eigenvalue weighted by Gasteiger charge is 2.08. The quantitative estimate of drug-likeness (QED) is 0.352. The third-order valence-corrected chi connectivity index (χ3v) is 6.00. The minimum absolute atomic E-state index is 0.679. The Kier molecular flexibility index (Phi) is 5.63. The zero-order valence-corrected chi connectivity index (χ0v) is 18.6. The van der Waals surface area contributed by atoms with Gasteiger partial charge < -0.3 is 14.3 Å². The lowest BCUT2D eigenvalue weighted by Crippen LogP contribution is -2.01. The molecule has 0 bridgehead atoms. The van der Waals surface area contributed by atoms with Crippen LogP contribution in [0.3, 0.4) is 0 Å². The average molecular weight is 425 g/mol. The Morgan fingerprint density at radius 3 is 2.88 bits per heavy atom. The van der Waals surface area contributed by atoms with Crippen molar-refractivity contribution in [1.29, 1.82) is 0 Å². The molecule has 0 saturated heterocycles. The molecular formula is C27H28N4O. The standard InChI is InChI=1S/C27H28N4O/c1-3-32-23-9-10-25-24(17-23)21(18-29-25)5-4-6-27-28-13-11-22(30-27)15-19-7-8-20-12-14-31(2)26(20)16-19/h7-14,16-18,29H,3-6,15H2,1-2H3. The van der Waals surface area contributed by atoms with Gasteiger partial charge in [-0.15, -0.1) is 0 Å². The molecule has 1 N–H and O–H groups in total. The van der Waals surface area contributed by atoms with Gasteiger partial charge in [0.2, 0.25) is 0 Å². The summed E-state index contributed by atoms with van der Waals surface area (Å²) in [5, 5.41) is 2.51. The lowest BCUT2D eigenvalue weighted by Gasteiger charge is -2.06. The summed E-state index contributed by atoms with van der Waals surface area (Å²) in [5.74, 6) is 1.84. The number of aromatic amines is 1. The molecule has 5 aromatic rings. The van der Waals surface area contributed by atoms with E-state index < -0.39 is 0 Å². The second-order valence-corrected chi connectivity index (χ2v) is 8.27. The van der Waals surface area contributed by atoms with Crippen LogP contribution in [-0.2, 0) is 26.3 Å². The maximum absolute atomic E-state index is 5.66. The highest BCUT2D eigenvalue weighted by atomic mass is 16.5. The summed E-state index contributed by atoms with van der Waals surface area (Å²) in [7, 11) is 2.08. The summed E-state index contributed by atoms with van der Waals surface area (Å²) in [4.78, 5) is 12.7. The second kappa shape index (κ2) is 8.87. The fourth-order valence-corrected chi connectivity index (χ4v) is 4.35. The Hall–Kier alpha value is -3.60. The molecule has 0 radical (unpaired) electrons. The van der Waals surface area contributed by atoms with Crippen molar-refractivity contribution in [2.75, 3.05) is 6.61 Å². The van der Waals surface area contributed by atoms with Crippen molar-refractivity contribution >= 4 is 21.8 Å². The van der Waals surface area contributed by atoms with Crippen LogP contribution in [-0.4, -0.2) is 26.1 Å². The van der Waals surface area contributed by atoms with Crippen molar-refractivity contribution in [3.05, 3.63) is 89.8 Å². The number of H-pyrrole nitrogens is 1. The zero-order chi connectivity index (χ0) is 21.9. The normalized spacial score (nSPS) is 11.4. The van der Waals surface area contributed by atoms with Gasteiger partial charge in [0.15, 0.2) is 0 Å². The number of hydrogen-bond acceptors (Lipinski definition) is 3. The van der Waals surface area contributed by atoms with E-state index in [2.05, 4.69) is 70.4 Å². The Bertz CT molecular complexity index is 1360. The molecule has 0 amide bonds. The van der Waals surface area contributed by atoms with Crippen molar-refractivity contribution in [1.82, 2.24) is 19.5 Å². The van der Waals surface area contributed by atoms with Gasteiger partial charge in [-0.1, -0.05) is 12.1 Å². The van der Waals surface area contributed by atoms with E-state index >= 15 is 0 Å². The van der Waals surface area contributed by atoms with Crippen molar-refractivity contribution < 1.29 is 4.74 Å². The highest BCUT2D eigenvalue weighted by molar-refractivity contribution is 5.84. The molecule has 32 heavy (non-hydrogen) atoms. The predicted octanol–water partition coefficient (Wildman–Crippen LogP) is 5.61. The molecule has 0 aliphatic carbocycles. The first kappa shape index (κ1) is 20.3. The average Bonchev–Trinajstić information content (AvgIpc) is 3.38. The monoisotopic (exact) mass is 424 g/mol. The van der Waals surface area contributed by atoms with Crippen LogP contribution in [0, 0.1) is 0 Å². The molecule has 0 fully saturated rings. The van der Waals surface area contributed by atoms with Gasteiger partial charge >= 0.3 is 0 Å². The van der Waals surface area contributed by atoms with Gasteiger partial charge in [0.05, 0.1) is 6.61 Å². The molecule has 0 spiro atoms. The summed E-state index contributed by atoms with van der Waals surface area (Å²) in [5.41, 5.74) is 6.05. The van der Waals surface area contributed by atoms with E-state index in [4.69, 9.17) is 9.72 Å². The van der Waals surface area contributed by atoms with Gasteiger partial charge in [-0.2, -0.15) is 0 Å². The van der Waals surface area contributed by atoms with Gasteiger partial charge in [0, 0.05) is 60.6 Å². The van der Waals surface area contributed by atoms with E-state index in [1.54, 1.807) is 0 Å². The molecule has 5 rings (SSSR count). The number of hydrogen-bond donors (Lipinski definition) is 1. The molecule has 5 heteroatoms. The number of benzene rings is 2. The van der Waals surface area contributed by atoms with Crippen LogP contribution in [0.15, 0.2) is 67.1 Å². The van der Waals surface area contributed by atoms with Gasteiger partial charge in [-0.05, 0) is 72.7 Å². The summed E-state index contributed by atoms with van der Waals surface area (Å²) >= 11 is 0. The topological polar surface area (TPSA) is 55.7 Å². The van der Waals surface area contributed by atoms with E-state index in [0.717, 1.165) is 48.5 Å². The SMILES string of the molecule is CCOc1ccc2[nH]cc(CCCc3nccc(Cc4ccc5ccn(C)c5c4)n3)c2c1. The number of aryl methyl sites for hydroxylation is 3. The van der Waals surface area contributed by atoms with E-state index in [9.17, 15) is 0 Å². The van der Waals surface area contributed by atoms with Crippen LogP contribution in [0.1, 0.15) is 36.0 Å². The van der Waals surface area contributed by atoms with Crippen LogP contribution < -0.4 is 4.74 Å². The predicted molar refractivity (Wildman–Crippen MR) is 129 cm³/mol. The molecule has 2 aromatic carbocycles. The summed E-state index contributed by atoms with van der Waals surface area (Å²) in [6, 6.07) is 17.0. The first-order valence-electron chi connectivity index (χ1n) is 11.3. The largest absolute Gasteiger partial charge is 0.494 e. The lowest BCUT2D eigenvalue weighted by molar-refractivity contribution is 0.340. The van der Waals surface area contributed by atoms with Crippen molar-refractivity contribution in [3.63, 3.8) is 0 Å². The number of ether oxygens (including phenoxy) is 1. The molecule has 3 heterocycles. The van der Waals surface area contributed by atoms with Crippen molar-refractivity contribution in [2.24, 2.45) is 7.05 Å². The maximum Gasteiger partial charge on any atom is 0.128 e. The molecular weight excluding hydrogens is 396 g/mol. The van der Waals surface area contributed by atoms with Crippen LogP contribution in [0.5, 0.6) is 5.75 Å². The first-order chi connectivity index (χ1) is 15.7. The molecule has 0 unspecified atom stereocenters. The van der Waals surface area contributed by atoms with Gasteiger partial charge in [-0.25, -0.2) is 9.97 Å². The Balaban J connectivity index is 1.25. The van der Waals surface area contributed by atoms with Gasteiger partial charge in [0.25, 0.3) is 0 Å². The molecule has 0 saturated carbocycles. The fourth-order valence-electron chi connectivity index (χ4n) is 4.35. The number of fused-ring (bicyclic) bond motifs is 2. The summed E-state index contributed by atoms with van der Waals surface area (Å²) in [6.07, 6.45) is 9.76. The molecule has 0 aliphatic rings. The number of nitrogens with one attached hydrogen (secondary N) is 1. The molecule has 0 aliphatic heterocycles. The smallest absolute Gasteiger partial charge is 0.128 e. The second-order valence-electron chi connectivity index (χ2n) is 8.27. The van der Waals surface area contributed by atoms with Crippen LogP contribution in [0.4, 0.5) is 0 Å². The van der Waals surface area contributed by atoms with E-state index in [1.807, 2.05) is 25.3 Å². The number of rotatable bonds is 8. The highest BCUT2D eigenvalue weighted by Crippen LogP contribution is 2.25. The third-order valence-electron chi connectivity index (χ3n) is 6.00. The summed E-state index contributed by atoms with van der Waals surface area (Å²) < 4.78 is 7.82. The Labute approximate surface area is 188 Å². The minimum Gasteiger partial charge on any atom is -0.494 e. The molecule has 162 valence electrons. The van der Waals surface area contributed by atoms with E-state index in [0.29, 0.717) is 6.61 Å². The van der Waals surface area contributed by atoms with Gasteiger partial charge in [-0.3, -0.25) is 0 Å². The lowest BCUT2D eigenvalue weighted by atomic mass is 10.1. The molecule has 0 atom stereocenters.